The van der Waals surface area contributed by atoms with Crippen LogP contribution in [0.3, 0.4) is 0 Å². The first-order valence-electron chi connectivity index (χ1n) is 19.4. The van der Waals surface area contributed by atoms with Crippen molar-refractivity contribution < 1.29 is 18.7 Å². The minimum absolute atomic E-state index is 0.108. The van der Waals surface area contributed by atoms with Crippen molar-refractivity contribution in [2.75, 3.05) is 43.1 Å². The number of hydrogen-bond acceptors (Lipinski definition) is 8. The van der Waals surface area contributed by atoms with E-state index in [-0.39, 0.29) is 29.6 Å². The first-order chi connectivity index (χ1) is 25.6. The fourth-order valence-electron chi connectivity index (χ4n) is 9.59. The summed E-state index contributed by atoms with van der Waals surface area (Å²) in [6.07, 6.45) is 11.4. The summed E-state index contributed by atoms with van der Waals surface area (Å²) in [5.41, 5.74) is 4.21. The third-order valence-corrected chi connectivity index (χ3v) is 12.9. The molecule has 3 saturated heterocycles. The standard InChI is InChI=1S/C41H49FN8O3/c1-25(2)49-24-44-34-20-33(46-37(36(34)49)45-32-10-13-43-21-31(32)42)27-8-9-30-35(17-27)50(29-18-28(19-29)48-14-6-5-7-26(48)3)39(52)41(30)11-15-47(16-12-41)38(51)40(4)22-53-23-40/h8-10,13,17,20-21,24-26,28-29H,5-7,11-12,14-16,18-19,22-23H2,1-4H3,(H,43,45,46)/t26-,28?,29?/m0/s1. The Morgan fingerprint density at radius 2 is 1.85 bits per heavy atom. The van der Waals surface area contributed by atoms with Crippen LogP contribution in [0.15, 0.2) is 49.1 Å². The van der Waals surface area contributed by atoms with Crippen LogP contribution in [-0.4, -0.2) is 92.1 Å². The Hall–Kier alpha value is -4.42. The van der Waals surface area contributed by atoms with Gasteiger partial charge in [0.05, 0.1) is 53.5 Å². The van der Waals surface area contributed by atoms with Crippen molar-refractivity contribution >= 4 is 40.0 Å². The maximum Gasteiger partial charge on any atom is 0.238 e. The number of nitrogens with zero attached hydrogens (tertiary/aromatic N) is 7. The second kappa shape index (κ2) is 12.9. The van der Waals surface area contributed by atoms with E-state index in [1.165, 1.54) is 25.5 Å². The Kier molecular flexibility index (Phi) is 8.34. The first kappa shape index (κ1) is 34.4. The van der Waals surface area contributed by atoms with Gasteiger partial charge in [-0.15, -0.1) is 0 Å². The average Bonchev–Trinajstić information content (AvgIpc) is 3.66. The van der Waals surface area contributed by atoms with E-state index < -0.39 is 16.6 Å². The predicted octanol–water partition coefficient (Wildman–Crippen LogP) is 6.61. The smallest absolute Gasteiger partial charge is 0.238 e. The molecule has 0 bridgehead atoms. The van der Waals surface area contributed by atoms with Gasteiger partial charge in [0.2, 0.25) is 11.8 Å². The maximum atomic E-state index is 14.9. The molecule has 12 heteroatoms. The molecule has 1 aromatic carbocycles. The molecule has 2 amide bonds. The third-order valence-electron chi connectivity index (χ3n) is 12.9. The number of carbonyl (C=O) groups excluding carboxylic acids is 2. The van der Waals surface area contributed by atoms with Crippen LogP contribution in [-0.2, 0) is 19.7 Å². The van der Waals surface area contributed by atoms with E-state index in [4.69, 9.17) is 14.7 Å². The fraction of sp³-hybridized carbons (Fsp3) is 0.537. The number of amides is 2. The van der Waals surface area contributed by atoms with Crippen molar-refractivity contribution in [3.05, 3.63) is 60.4 Å². The average molecular weight is 721 g/mol. The molecule has 1 atom stereocenters. The molecule has 1 spiro atoms. The van der Waals surface area contributed by atoms with Crippen molar-refractivity contribution in [1.29, 1.82) is 0 Å². The molecule has 4 aromatic rings. The van der Waals surface area contributed by atoms with Crippen molar-refractivity contribution in [2.45, 2.75) is 102 Å². The third kappa shape index (κ3) is 5.54. The highest BCUT2D eigenvalue weighted by Gasteiger charge is 2.57. The van der Waals surface area contributed by atoms with Crippen LogP contribution >= 0.6 is 0 Å². The number of carbonyl (C=O) groups is 2. The minimum Gasteiger partial charge on any atom is -0.379 e. The minimum atomic E-state index is -0.676. The summed E-state index contributed by atoms with van der Waals surface area (Å²) in [4.78, 5) is 48.9. The molecule has 9 rings (SSSR count). The van der Waals surface area contributed by atoms with Crippen molar-refractivity contribution in [3.8, 4) is 11.3 Å². The van der Waals surface area contributed by atoms with E-state index in [2.05, 4.69) is 59.1 Å². The molecule has 53 heavy (non-hydrogen) atoms. The first-order valence-corrected chi connectivity index (χ1v) is 19.4. The van der Waals surface area contributed by atoms with Gasteiger partial charge in [-0.2, -0.15) is 0 Å². The van der Waals surface area contributed by atoms with Gasteiger partial charge in [0.1, 0.15) is 5.52 Å². The Morgan fingerprint density at radius 3 is 2.55 bits per heavy atom. The number of anilines is 3. The fourth-order valence-corrected chi connectivity index (χ4v) is 9.59. The lowest BCUT2D eigenvalue weighted by molar-refractivity contribution is -0.170. The zero-order valence-electron chi connectivity index (χ0n) is 31.1. The highest BCUT2D eigenvalue weighted by atomic mass is 19.1. The van der Waals surface area contributed by atoms with Crippen LogP contribution in [0.25, 0.3) is 22.3 Å². The molecule has 0 unspecified atom stereocenters. The molecule has 278 valence electrons. The monoisotopic (exact) mass is 720 g/mol. The summed E-state index contributed by atoms with van der Waals surface area (Å²) >= 11 is 0. The van der Waals surface area contributed by atoms with E-state index in [0.29, 0.717) is 62.7 Å². The number of halogens is 1. The Morgan fingerprint density at radius 1 is 1.06 bits per heavy atom. The van der Waals surface area contributed by atoms with Gasteiger partial charge in [0, 0.05) is 54.7 Å². The van der Waals surface area contributed by atoms with E-state index in [1.54, 1.807) is 18.6 Å². The summed E-state index contributed by atoms with van der Waals surface area (Å²) in [6, 6.07) is 11.2. The number of rotatable bonds is 7. The number of imidazole rings is 1. The molecule has 1 N–H and O–H groups in total. The Bertz CT molecular complexity index is 2080. The van der Waals surface area contributed by atoms with Crippen LogP contribution in [0.4, 0.5) is 21.6 Å². The van der Waals surface area contributed by atoms with Crippen molar-refractivity contribution in [3.63, 3.8) is 0 Å². The van der Waals surface area contributed by atoms with E-state index in [1.807, 2.05) is 22.5 Å². The van der Waals surface area contributed by atoms with E-state index >= 15 is 0 Å². The summed E-state index contributed by atoms with van der Waals surface area (Å²) in [5.74, 6) is 0.325. The maximum absolute atomic E-state index is 14.9. The van der Waals surface area contributed by atoms with E-state index in [0.717, 1.165) is 47.2 Å². The van der Waals surface area contributed by atoms with Crippen molar-refractivity contribution in [1.82, 2.24) is 29.3 Å². The number of benzene rings is 1. The second-order valence-electron chi connectivity index (χ2n) is 16.6. The lowest BCUT2D eigenvalue weighted by Crippen LogP contribution is -2.60. The second-order valence-corrected chi connectivity index (χ2v) is 16.6. The Labute approximate surface area is 309 Å². The van der Waals surface area contributed by atoms with Gasteiger partial charge >= 0.3 is 0 Å². The molecule has 4 fully saturated rings. The lowest BCUT2D eigenvalue weighted by Gasteiger charge is -2.50. The highest BCUT2D eigenvalue weighted by molar-refractivity contribution is 6.09. The number of hydrogen-bond donors (Lipinski definition) is 1. The van der Waals surface area contributed by atoms with Gasteiger partial charge in [-0.3, -0.25) is 19.5 Å². The van der Waals surface area contributed by atoms with Crippen molar-refractivity contribution in [2.24, 2.45) is 5.41 Å². The number of nitrogens with one attached hydrogen (secondary N) is 1. The normalized spacial score (nSPS) is 25.1. The number of pyridine rings is 2. The molecular weight excluding hydrogens is 672 g/mol. The molecule has 0 radical (unpaired) electrons. The number of fused-ring (bicyclic) bond motifs is 3. The number of piperidine rings is 2. The Balaban J connectivity index is 1.09. The molecule has 1 aliphatic carbocycles. The molecule has 4 aliphatic heterocycles. The lowest BCUT2D eigenvalue weighted by atomic mass is 9.72. The van der Waals surface area contributed by atoms with E-state index in [9.17, 15) is 14.0 Å². The van der Waals surface area contributed by atoms with Crippen LogP contribution in [0.1, 0.15) is 84.2 Å². The van der Waals surface area contributed by atoms with Crippen LogP contribution in [0.5, 0.6) is 0 Å². The highest BCUT2D eigenvalue weighted by Crippen LogP contribution is 2.52. The topological polar surface area (TPSA) is 109 Å². The largest absolute Gasteiger partial charge is 0.379 e. The molecule has 11 nitrogen and oxygen atoms in total. The SMILES string of the molecule is CC(C)n1cnc2cc(-c3ccc4c(c3)N(C3CC(N5CCCC[C@@H]5C)C3)C(=O)C43CCN(C(=O)C4(C)COC4)CC3)nc(Nc3ccncc3F)c21. The quantitative estimate of drug-likeness (QED) is 0.228. The molecule has 3 aromatic heterocycles. The molecule has 5 aliphatic rings. The van der Waals surface area contributed by atoms with Gasteiger partial charge in [0.25, 0.3) is 0 Å². The molecular formula is C41H49FN8O3. The molecule has 1 saturated carbocycles. The molecule has 7 heterocycles. The zero-order chi connectivity index (χ0) is 36.6. The van der Waals surface area contributed by atoms with Gasteiger partial charge in [-0.1, -0.05) is 18.6 Å². The summed E-state index contributed by atoms with van der Waals surface area (Å²) < 4.78 is 22.3. The summed E-state index contributed by atoms with van der Waals surface area (Å²) in [7, 11) is 0. The predicted molar refractivity (Wildman–Crippen MR) is 202 cm³/mol. The van der Waals surface area contributed by atoms with Crippen LogP contribution < -0.4 is 10.2 Å². The number of likely N-dealkylation sites (tertiary alicyclic amines) is 2. The summed E-state index contributed by atoms with van der Waals surface area (Å²) in [6.45, 7) is 11.6. The van der Waals surface area contributed by atoms with Gasteiger partial charge in [0.15, 0.2) is 11.6 Å². The van der Waals surface area contributed by atoms with Gasteiger partial charge in [-0.25, -0.2) is 14.4 Å². The summed E-state index contributed by atoms with van der Waals surface area (Å²) in [5, 5.41) is 3.23. The van der Waals surface area contributed by atoms with Crippen LogP contribution in [0, 0.1) is 11.2 Å². The number of aromatic nitrogens is 4. The van der Waals surface area contributed by atoms with Gasteiger partial charge in [-0.05, 0) is 96.5 Å². The number of ether oxygens (including phenoxy) is 1. The zero-order valence-corrected chi connectivity index (χ0v) is 31.1. The van der Waals surface area contributed by atoms with Gasteiger partial charge < -0.3 is 24.4 Å². The van der Waals surface area contributed by atoms with Crippen LogP contribution in [0.2, 0.25) is 0 Å².